The average Bonchev–Trinajstić information content (AvgIpc) is 2.45. The Morgan fingerprint density at radius 2 is 2.29 bits per heavy atom. The van der Waals surface area contributed by atoms with Crippen molar-refractivity contribution in [2.45, 2.75) is 27.3 Å². The van der Waals surface area contributed by atoms with Crippen molar-refractivity contribution in [2.24, 2.45) is 5.92 Å². The van der Waals surface area contributed by atoms with Crippen LogP contribution in [0.4, 0.5) is 0 Å². The number of thiophene rings is 1. The molecule has 0 aliphatic rings. The minimum atomic E-state index is 0.0926. The molecule has 0 aliphatic carbocycles. The van der Waals surface area contributed by atoms with Crippen LogP contribution in [0.1, 0.15) is 22.2 Å². The third-order valence-corrected chi connectivity index (χ3v) is 3.14. The van der Waals surface area contributed by atoms with E-state index in [1.807, 2.05) is 18.3 Å². The van der Waals surface area contributed by atoms with E-state index >= 15 is 0 Å². The molecule has 1 atom stereocenters. The Kier molecular flexibility index (Phi) is 4.12. The third-order valence-electron chi connectivity index (χ3n) is 2.13. The molecule has 0 radical (unpaired) electrons. The summed E-state index contributed by atoms with van der Waals surface area (Å²) in [5.74, 6) is 0.0926. The molecule has 1 rings (SSSR count). The fourth-order valence-corrected chi connectivity index (χ4v) is 2.27. The predicted molar refractivity (Wildman–Crippen MR) is 60.3 cm³/mol. The quantitative estimate of drug-likeness (QED) is 0.825. The molecular weight excluding hydrogens is 192 g/mol. The normalized spacial score (nSPS) is 12.4. The SMILES string of the molecule is Cc1cc(CNCC(C)C#N)c(C)s1. The van der Waals surface area contributed by atoms with Gasteiger partial charge in [-0.1, -0.05) is 0 Å². The summed E-state index contributed by atoms with van der Waals surface area (Å²) in [6, 6.07) is 4.42. The second-order valence-corrected chi connectivity index (χ2v) is 5.06. The molecule has 1 aromatic rings. The Bertz CT molecular complexity index is 336. The molecule has 0 spiro atoms. The van der Waals surface area contributed by atoms with Crippen LogP contribution in [0.5, 0.6) is 0 Å². The van der Waals surface area contributed by atoms with Crippen molar-refractivity contribution in [3.05, 3.63) is 21.4 Å². The van der Waals surface area contributed by atoms with Gasteiger partial charge in [-0.25, -0.2) is 0 Å². The lowest BCUT2D eigenvalue weighted by Gasteiger charge is -2.04. The minimum Gasteiger partial charge on any atom is -0.311 e. The largest absolute Gasteiger partial charge is 0.311 e. The van der Waals surface area contributed by atoms with Gasteiger partial charge in [0.15, 0.2) is 0 Å². The van der Waals surface area contributed by atoms with E-state index in [9.17, 15) is 0 Å². The summed E-state index contributed by atoms with van der Waals surface area (Å²) in [5, 5.41) is 11.9. The van der Waals surface area contributed by atoms with Crippen LogP contribution in [0, 0.1) is 31.1 Å². The minimum absolute atomic E-state index is 0.0926. The molecule has 1 aromatic heterocycles. The number of hydrogen-bond donors (Lipinski definition) is 1. The molecule has 76 valence electrons. The topological polar surface area (TPSA) is 35.8 Å². The summed E-state index contributed by atoms with van der Waals surface area (Å²) in [5.41, 5.74) is 1.36. The number of nitriles is 1. The summed E-state index contributed by atoms with van der Waals surface area (Å²) in [7, 11) is 0. The first-order valence-electron chi connectivity index (χ1n) is 4.79. The number of rotatable bonds is 4. The second kappa shape index (κ2) is 5.14. The molecule has 0 aliphatic heterocycles. The van der Waals surface area contributed by atoms with Crippen molar-refractivity contribution >= 4 is 11.3 Å². The van der Waals surface area contributed by atoms with Gasteiger partial charge in [0.05, 0.1) is 12.0 Å². The summed E-state index contributed by atoms with van der Waals surface area (Å²) in [4.78, 5) is 2.73. The Labute approximate surface area is 89.6 Å². The molecule has 1 heterocycles. The molecule has 0 amide bonds. The summed E-state index contributed by atoms with van der Waals surface area (Å²) in [6.45, 7) is 7.84. The van der Waals surface area contributed by atoms with Crippen LogP contribution < -0.4 is 5.32 Å². The molecule has 3 heteroatoms. The van der Waals surface area contributed by atoms with Crippen LogP contribution in [0.25, 0.3) is 0 Å². The van der Waals surface area contributed by atoms with E-state index in [0.29, 0.717) is 0 Å². The molecule has 0 fully saturated rings. The number of hydrogen-bond acceptors (Lipinski definition) is 3. The maximum Gasteiger partial charge on any atom is 0.0666 e. The zero-order valence-electron chi connectivity index (χ0n) is 8.92. The smallest absolute Gasteiger partial charge is 0.0666 e. The predicted octanol–water partition coefficient (Wildman–Crippen LogP) is 2.61. The summed E-state index contributed by atoms with van der Waals surface area (Å²) in [6.07, 6.45) is 0. The van der Waals surface area contributed by atoms with Crippen molar-refractivity contribution in [1.82, 2.24) is 5.32 Å². The Morgan fingerprint density at radius 3 is 2.79 bits per heavy atom. The highest BCUT2D eigenvalue weighted by Crippen LogP contribution is 2.20. The van der Waals surface area contributed by atoms with E-state index in [1.54, 1.807) is 0 Å². The van der Waals surface area contributed by atoms with Gasteiger partial charge in [-0.05, 0) is 32.4 Å². The molecular formula is C11H16N2S. The van der Waals surface area contributed by atoms with Crippen molar-refractivity contribution in [2.75, 3.05) is 6.54 Å². The standard InChI is InChI=1S/C11H16N2S/c1-8(5-12)6-13-7-11-4-9(2)14-10(11)3/h4,8,13H,6-7H2,1-3H3. The van der Waals surface area contributed by atoms with E-state index in [0.717, 1.165) is 13.1 Å². The number of nitrogens with zero attached hydrogens (tertiary/aromatic N) is 1. The zero-order valence-corrected chi connectivity index (χ0v) is 9.74. The number of nitrogens with one attached hydrogen (secondary N) is 1. The Balaban J connectivity index is 2.39. The molecule has 0 aromatic carbocycles. The Morgan fingerprint density at radius 1 is 1.57 bits per heavy atom. The maximum absolute atomic E-state index is 8.60. The van der Waals surface area contributed by atoms with E-state index in [-0.39, 0.29) is 5.92 Å². The van der Waals surface area contributed by atoms with Crippen molar-refractivity contribution < 1.29 is 0 Å². The lowest BCUT2D eigenvalue weighted by atomic mass is 10.2. The van der Waals surface area contributed by atoms with Gasteiger partial charge in [0.2, 0.25) is 0 Å². The first-order chi connectivity index (χ1) is 6.63. The van der Waals surface area contributed by atoms with Crippen LogP contribution in [-0.4, -0.2) is 6.54 Å². The molecule has 1 unspecified atom stereocenters. The van der Waals surface area contributed by atoms with Gasteiger partial charge >= 0.3 is 0 Å². The molecule has 1 N–H and O–H groups in total. The van der Waals surface area contributed by atoms with Gasteiger partial charge < -0.3 is 5.32 Å². The lowest BCUT2D eigenvalue weighted by molar-refractivity contribution is 0.601. The van der Waals surface area contributed by atoms with E-state index < -0.39 is 0 Å². The van der Waals surface area contributed by atoms with E-state index in [2.05, 4.69) is 31.3 Å². The van der Waals surface area contributed by atoms with Crippen LogP contribution in [0.15, 0.2) is 6.07 Å². The van der Waals surface area contributed by atoms with Gasteiger partial charge in [-0.15, -0.1) is 11.3 Å². The fourth-order valence-electron chi connectivity index (χ4n) is 1.33. The van der Waals surface area contributed by atoms with Crippen LogP contribution in [0.3, 0.4) is 0 Å². The highest BCUT2D eigenvalue weighted by Gasteiger charge is 2.03. The molecule has 0 saturated heterocycles. The fraction of sp³-hybridized carbons (Fsp3) is 0.545. The molecule has 2 nitrogen and oxygen atoms in total. The van der Waals surface area contributed by atoms with Gasteiger partial charge in [-0.3, -0.25) is 0 Å². The second-order valence-electron chi connectivity index (χ2n) is 3.60. The van der Waals surface area contributed by atoms with Crippen molar-refractivity contribution in [3.63, 3.8) is 0 Å². The van der Waals surface area contributed by atoms with Crippen molar-refractivity contribution in [3.8, 4) is 6.07 Å². The molecule has 0 saturated carbocycles. The molecule has 14 heavy (non-hydrogen) atoms. The Hall–Kier alpha value is -0.850. The summed E-state index contributed by atoms with van der Waals surface area (Å²) >= 11 is 1.83. The van der Waals surface area contributed by atoms with Gasteiger partial charge in [-0.2, -0.15) is 5.26 Å². The van der Waals surface area contributed by atoms with Gasteiger partial charge in [0.25, 0.3) is 0 Å². The van der Waals surface area contributed by atoms with Gasteiger partial charge in [0.1, 0.15) is 0 Å². The molecule has 0 bridgehead atoms. The highest BCUT2D eigenvalue weighted by atomic mass is 32.1. The van der Waals surface area contributed by atoms with Crippen LogP contribution >= 0.6 is 11.3 Å². The lowest BCUT2D eigenvalue weighted by Crippen LogP contribution is -2.19. The maximum atomic E-state index is 8.60. The van der Waals surface area contributed by atoms with Crippen LogP contribution in [-0.2, 0) is 6.54 Å². The first-order valence-corrected chi connectivity index (χ1v) is 5.61. The van der Waals surface area contributed by atoms with E-state index in [1.165, 1.54) is 15.3 Å². The van der Waals surface area contributed by atoms with Crippen molar-refractivity contribution in [1.29, 1.82) is 5.26 Å². The average molecular weight is 208 g/mol. The third kappa shape index (κ3) is 3.13. The van der Waals surface area contributed by atoms with E-state index in [4.69, 9.17) is 5.26 Å². The monoisotopic (exact) mass is 208 g/mol. The zero-order chi connectivity index (χ0) is 10.6. The summed E-state index contributed by atoms with van der Waals surface area (Å²) < 4.78 is 0. The highest BCUT2D eigenvalue weighted by molar-refractivity contribution is 7.12. The first kappa shape index (κ1) is 11.2. The number of aryl methyl sites for hydroxylation is 2. The van der Waals surface area contributed by atoms with Gasteiger partial charge in [0, 0.05) is 22.8 Å². The van der Waals surface area contributed by atoms with Crippen LogP contribution in [0.2, 0.25) is 0 Å².